The smallest absolute Gasteiger partial charge is 0.429 e. The van der Waals surface area contributed by atoms with Crippen molar-refractivity contribution in [3.05, 3.63) is 130 Å². The molecule has 0 fully saturated rings. The number of ether oxygens (including phenoxy) is 2. The van der Waals surface area contributed by atoms with Gasteiger partial charge >= 0.3 is 6.11 Å². The molecule has 0 heterocycles. The molecular formula is C30H14F10O2. The third kappa shape index (κ3) is 6.35. The summed E-state index contributed by atoms with van der Waals surface area (Å²) in [6.45, 7) is 3.37. The van der Waals surface area contributed by atoms with Crippen molar-refractivity contribution < 1.29 is 53.4 Å². The van der Waals surface area contributed by atoms with E-state index < -0.39 is 86.2 Å². The van der Waals surface area contributed by atoms with Crippen LogP contribution in [-0.4, -0.2) is 6.61 Å². The normalized spacial score (nSPS) is 11.1. The zero-order chi connectivity index (χ0) is 30.8. The van der Waals surface area contributed by atoms with Crippen molar-refractivity contribution in [2.45, 2.75) is 6.11 Å². The number of hydrogen-bond donors (Lipinski definition) is 0. The molecule has 2 nitrogen and oxygen atoms in total. The van der Waals surface area contributed by atoms with Crippen molar-refractivity contribution in [1.82, 2.24) is 0 Å². The lowest BCUT2D eigenvalue weighted by Gasteiger charge is -2.19. The summed E-state index contributed by atoms with van der Waals surface area (Å²) in [4.78, 5) is 0. The number of halogens is 10. The summed E-state index contributed by atoms with van der Waals surface area (Å²) < 4.78 is 151. The zero-order valence-corrected chi connectivity index (χ0v) is 20.8. The molecule has 0 aliphatic carbocycles. The molecule has 0 amide bonds. The Kier molecular flexibility index (Phi) is 8.51. The Balaban J connectivity index is 1.59. The van der Waals surface area contributed by atoms with Crippen LogP contribution in [0.25, 0.3) is 11.1 Å². The predicted octanol–water partition coefficient (Wildman–Crippen LogP) is 8.56. The van der Waals surface area contributed by atoms with Gasteiger partial charge in [-0.3, -0.25) is 0 Å². The molecule has 4 rings (SSSR count). The van der Waals surface area contributed by atoms with Crippen molar-refractivity contribution in [3.63, 3.8) is 0 Å². The molecule has 216 valence electrons. The lowest BCUT2D eigenvalue weighted by Crippen LogP contribution is -2.23. The number of alkyl halides is 2. The monoisotopic (exact) mass is 596 g/mol. The predicted molar refractivity (Wildman–Crippen MR) is 131 cm³/mol. The van der Waals surface area contributed by atoms with E-state index in [9.17, 15) is 43.9 Å². The van der Waals surface area contributed by atoms with Gasteiger partial charge in [0, 0.05) is 23.8 Å². The summed E-state index contributed by atoms with van der Waals surface area (Å²) in [6, 6.07) is 4.91. The Morgan fingerprint density at radius 1 is 0.667 bits per heavy atom. The van der Waals surface area contributed by atoms with Crippen molar-refractivity contribution >= 4 is 0 Å². The van der Waals surface area contributed by atoms with Gasteiger partial charge in [-0.25, -0.2) is 35.1 Å². The quantitative estimate of drug-likeness (QED) is 0.0922. The Labute approximate surface area is 231 Å². The van der Waals surface area contributed by atoms with Crippen LogP contribution in [0.4, 0.5) is 43.9 Å². The van der Waals surface area contributed by atoms with Crippen molar-refractivity contribution in [2.24, 2.45) is 0 Å². The average molecular weight is 596 g/mol. The van der Waals surface area contributed by atoms with Gasteiger partial charge < -0.3 is 9.47 Å². The summed E-state index contributed by atoms with van der Waals surface area (Å²) in [6.07, 6.45) is -3.03. The second kappa shape index (κ2) is 11.9. The standard InChI is InChI=1S/C30H14F10O2/c1-2-7-41-17-4-6-20(23(33)12-17)30(39,40)42-18-13-21(31)19(22(32)14-18)5-3-15-8-24(34)28(25(35)9-15)16-10-26(36)29(38)27(37)11-16/h2,4,6,8-14H,1,7H2. The first-order chi connectivity index (χ1) is 19.8. The molecular weight excluding hydrogens is 582 g/mol. The molecule has 0 saturated carbocycles. The van der Waals surface area contributed by atoms with Crippen molar-refractivity contribution in [1.29, 1.82) is 0 Å². The van der Waals surface area contributed by atoms with Gasteiger partial charge in [0.15, 0.2) is 17.5 Å². The Morgan fingerprint density at radius 2 is 1.24 bits per heavy atom. The molecule has 4 aromatic carbocycles. The van der Waals surface area contributed by atoms with E-state index in [-0.39, 0.29) is 12.4 Å². The molecule has 0 radical (unpaired) electrons. The summed E-state index contributed by atoms with van der Waals surface area (Å²) in [5, 5.41) is 0. The first kappa shape index (κ1) is 30.0. The highest BCUT2D eigenvalue weighted by atomic mass is 19.3. The van der Waals surface area contributed by atoms with Crippen LogP contribution >= 0.6 is 0 Å². The molecule has 12 heteroatoms. The SMILES string of the molecule is C=CCOc1ccc(C(F)(F)Oc2cc(F)c(C#Cc3cc(F)c(-c4cc(F)c(F)c(F)c4)c(F)c3)c(F)c2)c(F)c1. The molecule has 0 bridgehead atoms. The molecule has 0 atom stereocenters. The molecule has 4 aromatic rings. The minimum Gasteiger partial charge on any atom is -0.489 e. The molecule has 0 saturated heterocycles. The van der Waals surface area contributed by atoms with Gasteiger partial charge in [0.1, 0.15) is 52.8 Å². The summed E-state index contributed by atoms with van der Waals surface area (Å²) in [5.74, 6) is -9.51. The van der Waals surface area contributed by atoms with E-state index in [1.807, 2.05) is 5.92 Å². The molecule has 0 unspecified atom stereocenters. The average Bonchev–Trinajstić information content (AvgIpc) is 2.89. The van der Waals surface area contributed by atoms with E-state index in [0.717, 1.165) is 6.07 Å². The fraction of sp³-hybridized carbons (Fsp3) is 0.0667. The first-order valence-corrected chi connectivity index (χ1v) is 11.6. The lowest BCUT2D eigenvalue weighted by atomic mass is 10.0. The van der Waals surface area contributed by atoms with Crippen LogP contribution in [0.2, 0.25) is 0 Å². The zero-order valence-electron chi connectivity index (χ0n) is 20.8. The molecule has 0 spiro atoms. The summed E-state index contributed by atoms with van der Waals surface area (Å²) in [7, 11) is 0. The molecule has 0 aromatic heterocycles. The van der Waals surface area contributed by atoms with Crippen molar-refractivity contribution in [3.8, 4) is 34.5 Å². The minimum absolute atomic E-state index is 0.0207. The highest BCUT2D eigenvalue weighted by Crippen LogP contribution is 2.36. The minimum atomic E-state index is -4.37. The highest BCUT2D eigenvalue weighted by molar-refractivity contribution is 5.66. The van der Waals surface area contributed by atoms with Crippen LogP contribution in [0.5, 0.6) is 11.5 Å². The maximum atomic E-state index is 14.6. The van der Waals surface area contributed by atoms with Gasteiger partial charge in [0.05, 0.1) is 11.1 Å². The molecule has 0 aliphatic heterocycles. The Morgan fingerprint density at radius 3 is 1.79 bits per heavy atom. The fourth-order valence-electron chi connectivity index (χ4n) is 3.66. The second-order valence-corrected chi connectivity index (χ2v) is 8.44. The van der Waals surface area contributed by atoms with Gasteiger partial charge in [-0.15, -0.1) is 0 Å². The Bertz CT molecular complexity index is 1690. The van der Waals surface area contributed by atoms with Crippen LogP contribution in [-0.2, 0) is 6.11 Å². The van der Waals surface area contributed by atoms with Crippen LogP contribution in [0.1, 0.15) is 16.7 Å². The highest BCUT2D eigenvalue weighted by Gasteiger charge is 2.38. The largest absolute Gasteiger partial charge is 0.489 e. The number of benzene rings is 4. The maximum absolute atomic E-state index is 14.6. The summed E-state index contributed by atoms with van der Waals surface area (Å²) >= 11 is 0. The summed E-state index contributed by atoms with van der Waals surface area (Å²) in [5.41, 5.74) is -4.31. The molecule has 42 heavy (non-hydrogen) atoms. The van der Waals surface area contributed by atoms with Crippen molar-refractivity contribution in [2.75, 3.05) is 6.61 Å². The van der Waals surface area contributed by atoms with Crippen LogP contribution in [0.15, 0.2) is 67.3 Å². The number of hydrogen-bond acceptors (Lipinski definition) is 2. The maximum Gasteiger partial charge on any atom is 0.429 e. The first-order valence-electron chi connectivity index (χ1n) is 11.6. The van der Waals surface area contributed by atoms with Crippen LogP contribution in [0.3, 0.4) is 0 Å². The topological polar surface area (TPSA) is 18.5 Å². The van der Waals surface area contributed by atoms with Crippen LogP contribution in [0, 0.1) is 58.4 Å². The van der Waals surface area contributed by atoms with E-state index in [1.165, 1.54) is 6.08 Å². The van der Waals surface area contributed by atoms with E-state index in [2.05, 4.69) is 17.2 Å². The van der Waals surface area contributed by atoms with Gasteiger partial charge in [0.25, 0.3) is 0 Å². The van der Waals surface area contributed by atoms with Gasteiger partial charge in [-0.05, 0) is 42.0 Å². The van der Waals surface area contributed by atoms with E-state index in [0.29, 0.717) is 48.5 Å². The third-order valence-electron chi connectivity index (χ3n) is 5.53. The van der Waals surface area contributed by atoms with Gasteiger partial charge in [-0.2, -0.15) is 8.78 Å². The third-order valence-corrected chi connectivity index (χ3v) is 5.53. The van der Waals surface area contributed by atoms with Gasteiger partial charge in [-0.1, -0.05) is 24.5 Å². The van der Waals surface area contributed by atoms with E-state index in [4.69, 9.17) is 4.74 Å². The molecule has 0 aliphatic rings. The molecule has 0 N–H and O–H groups in total. The van der Waals surface area contributed by atoms with Gasteiger partial charge in [0.2, 0.25) is 0 Å². The number of rotatable bonds is 7. The van der Waals surface area contributed by atoms with E-state index in [1.54, 1.807) is 0 Å². The fourth-order valence-corrected chi connectivity index (χ4v) is 3.66. The lowest BCUT2D eigenvalue weighted by molar-refractivity contribution is -0.187. The second-order valence-electron chi connectivity index (χ2n) is 8.44. The van der Waals surface area contributed by atoms with E-state index >= 15 is 0 Å². The van der Waals surface area contributed by atoms with Crippen LogP contribution < -0.4 is 9.47 Å². The Hall–Kier alpha value is -4.92.